The van der Waals surface area contributed by atoms with E-state index in [1.807, 2.05) is 0 Å². The van der Waals surface area contributed by atoms with Gasteiger partial charge in [0.25, 0.3) is 0 Å². The van der Waals surface area contributed by atoms with Crippen molar-refractivity contribution in [3.8, 4) is 0 Å². The normalized spacial score (nSPS) is 23.0. The molecule has 3 nitrogen and oxygen atoms in total. The van der Waals surface area contributed by atoms with Crippen LogP contribution in [0.1, 0.15) is 44.1 Å². The van der Waals surface area contributed by atoms with Crippen LogP contribution in [0.4, 0.5) is 0 Å². The average Bonchev–Trinajstić information content (AvgIpc) is 2.63. The Hall–Kier alpha value is -1.35. The lowest BCUT2D eigenvalue weighted by Crippen LogP contribution is -2.46. The fourth-order valence-electron chi connectivity index (χ4n) is 3.98. The Labute approximate surface area is 140 Å². The summed E-state index contributed by atoms with van der Waals surface area (Å²) in [6, 6.07) is 10.7. The highest BCUT2D eigenvalue weighted by molar-refractivity contribution is 5.79. The van der Waals surface area contributed by atoms with Crippen LogP contribution < -0.4 is 0 Å². The maximum absolute atomic E-state index is 12.7. The number of hydrogen-bond donors (Lipinski definition) is 0. The van der Waals surface area contributed by atoms with Gasteiger partial charge in [-0.15, -0.1) is 0 Å². The molecule has 1 amide bonds. The summed E-state index contributed by atoms with van der Waals surface area (Å²) in [5.41, 5.74) is 1.42. The summed E-state index contributed by atoms with van der Waals surface area (Å²) < 4.78 is 0. The molecular formula is C20H30N2O. The minimum Gasteiger partial charge on any atom is -0.342 e. The minimum absolute atomic E-state index is 0.249. The van der Waals surface area contributed by atoms with E-state index < -0.39 is 0 Å². The summed E-state index contributed by atoms with van der Waals surface area (Å²) in [5, 5.41) is 0. The average molecular weight is 314 g/mol. The third-order valence-corrected chi connectivity index (χ3v) is 5.31. The second-order valence-electron chi connectivity index (χ2n) is 7.11. The monoisotopic (exact) mass is 314 g/mol. The van der Waals surface area contributed by atoms with Crippen LogP contribution in [-0.2, 0) is 11.2 Å². The van der Waals surface area contributed by atoms with Gasteiger partial charge in [-0.1, -0.05) is 30.3 Å². The highest BCUT2D eigenvalue weighted by Gasteiger charge is 2.29. The first-order valence-electron chi connectivity index (χ1n) is 9.38. The molecule has 1 aromatic carbocycles. The lowest BCUT2D eigenvalue weighted by molar-refractivity contribution is -0.138. The van der Waals surface area contributed by atoms with E-state index >= 15 is 0 Å². The van der Waals surface area contributed by atoms with Crippen LogP contribution in [0, 0.1) is 5.92 Å². The summed E-state index contributed by atoms with van der Waals surface area (Å²) in [7, 11) is 0. The molecule has 0 bridgehead atoms. The van der Waals surface area contributed by atoms with E-state index in [-0.39, 0.29) is 5.92 Å². The van der Waals surface area contributed by atoms with Crippen LogP contribution in [0.3, 0.4) is 0 Å². The molecule has 126 valence electrons. The Morgan fingerprint density at radius 1 is 1.00 bits per heavy atom. The van der Waals surface area contributed by atoms with Gasteiger partial charge in [0, 0.05) is 19.6 Å². The molecule has 0 spiro atoms. The zero-order valence-electron chi connectivity index (χ0n) is 14.3. The topological polar surface area (TPSA) is 23.6 Å². The number of piperidine rings is 2. The number of aryl methyl sites for hydroxylation is 1. The summed E-state index contributed by atoms with van der Waals surface area (Å²) >= 11 is 0. The molecule has 3 rings (SSSR count). The van der Waals surface area contributed by atoms with Crippen LogP contribution >= 0.6 is 0 Å². The molecular weight excluding hydrogens is 284 g/mol. The van der Waals surface area contributed by atoms with Crippen molar-refractivity contribution in [3.05, 3.63) is 35.9 Å². The molecule has 0 N–H and O–H groups in total. The summed E-state index contributed by atoms with van der Waals surface area (Å²) in [5.74, 6) is 0.677. The molecule has 23 heavy (non-hydrogen) atoms. The standard InChI is InChI=1S/C20H30N2O/c23-20(22-15-5-2-6-16-22)19-12-8-14-21(17-19)13-7-11-18-9-3-1-4-10-18/h1,3-4,9-10,19H,2,5-8,11-17H2/t19-/m1/s1. The molecule has 2 saturated heterocycles. The van der Waals surface area contributed by atoms with Gasteiger partial charge in [0.1, 0.15) is 0 Å². The largest absolute Gasteiger partial charge is 0.342 e. The number of benzene rings is 1. The summed E-state index contributed by atoms with van der Waals surface area (Å²) in [4.78, 5) is 17.3. The molecule has 2 fully saturated rings. The van der Waals surface area contributed by atoms with Crippen LogP contribution in [0.5, 0.6) is 0 Å². The van der Waals surface area contributed by atoms with Gasteiger partial charge in [-0.25, -0.2) is 0 Å². The van der Waals surface area contributed by atoms with Crippen LogP contribution in [-0.4, -0.2) is 48.4 Å². The van der Waals surface area contributed by atoms with Gasteiger partial charge in [0.05, 0.1) is 5.92 Å². The van der Waals surface area contributed by atoms with E-state index in [0.717, 1.165) is 39.0 Å². The van der Waals surface area contributed by atoms with Crippen molar-refractivity contribution in [3.63, 3.8) is 0 Å². The molecule has 2 aliphatic heterocycles. The molecule has 1 atom stereocenters. The Bertz CT molecular complexity index is 482. The van der Waals surface area contributed by atoms with Crippen LogP contribution in [0.15, 0.2) is 30.3 Å². The first kappa shape index (κ1) is 16.5. The van der Waals surface area contributed by atoms with Crippen molar-refractivity contribution in [2.75, 3.05) is 32.7 Å². The Morgan fingerprint density at radius 3 is 2.57 bits per heavy atom. The lowest BCUT2D eigenvalue weighted by Gasteiger charge is -2.36. The molecule has 0 aliphatic carbocycles. The highest BCUT2D eigenvalue weighted by atomic mass is 16.2. The van der Waals surface area contributed by atoms with E-state index in [2.05, 4.69) is 40.1 Å². The molecule has 2 heterocycles. The Balaban J connectivity index is 1.43. The maximum Gasteiger partial charge on any atom is 0.226 e. The third kappa shape index (κ3) is 4.81. The Morgan fingerprint density at radius 2 is 1.78 bits per heavy atom. The van der Waals surface area contributed by atoms with Crippen molar-refractivity contribution in [2.45, 2.75) is 44.9 Å². The first-order chi connectivity index (χ1) is 11.3. The zero-order chi connectivity index (χ0) is 15.9. The van der Waals surface area contributed by atoms with Gasteiger partial charge < -0.3 is 9.80 Å². The molecule has 3 heteroatoms. The smallest absolute Gasteiger partial charge is 0.226 e. The van der Waals surface area contributed by atoms with E-state index in [9.17, 15) is 4.79 Å². The number of hydrogen-bond acceptors (Lipinski definition) is 2. The Kier molecular flexibility index (Phi) is 6.09. The fourth-order valence-corrected chi connectivity index (χ4v) is 3.98. The van der Waals surface area contributed by atoms with Crippen LogP contribution in [0.2, 0.25) is 0 Å². The second kappa shape index (κ2) is 8.49. The number of carbonyl (C=O) groups is 1. The summed E-state index contributed by atoms with van der Waals surface area (Å²) in [6.45, 7) is 5.24. The van der Waals surface area contributed by atoms with Crippen molar-refractivity contribution >= 4 is 5.91 Å². The summed E-state index contributed by atoms with van der Waals surface area (Å²) in [6.07, 6.45) is 8.27. The predicted molar refractivity (Wildman–Crippen MR) is 94.4 cm³/mol. The quantitative estimate of drug-likeness (QED) is 0.832. The third-order valence-electron chi connectivity index (χ3n) is 5.31. The van der Waals surface area contributed by atoms with Gasteiger partial charge in [-0.3, -0.25) is 4.79 Å². The van der Waals surface area contributed by atoms with E-state index in [1.54, 1.807) is 0 Å². The van der Waals surface area contributed by atoms with Gasteiger partial charge in [0.2, 0.25) is 5.91 Å². The van der Waals surface area contributed by atoms with Crippen molar-refractivity contribution in [2.24, 2.45) is 5.92 Å². The van der Waals surface area contributed by atoms with Crippen molar-refractivity contribution < 1.29 is 4.79 Å². The molecule has 1 aromatic rings. The van der Waals surface area contributed by atoms with Crippen molar-refractivity contribution in [1.82, 2.24) is 9.80 Å². The SMILES string of the molecule is O=C([C@@H]1CCCN(CCCc2ccccc2)C1)N1CCCCC1. The maximum atomic E-state index is 12.7. The first-order valence-corrected chi connectivity index (χ1v) is 9.38. The number of amides is 1. The molecule has 0 aromatic heterocycles. The minimum atomic E-state index is 0.249. The van der Waals surface area contributed by atoms with E-state index in [1.165, 1.54) is 44.2 Å². The predicted octanol–water partition coefficient (Wildman–Crippen LogP) is 3.34. The van der Waals surface area contributed by atoms with Gasteiger partial charge in [0.15, 0.2) is 0 Å². The molecule has 0 saturated carbocycles. The number of carbonyl (C=O) groups excluding carboxylic acids is 1. The van der Waals surface area contributed by atoms with Gasteiger partial charge in [-0.2, -0.15) is 0 Å². The second-order valence-corrected chi connectivity index (χ2v) is 7.11. The van der Waals surface area contributed by atoms with E-state index in [0.29, 0.717) is 5.91 Å². The van der Waals surface area contributed by atoms with E-state index in [4.69, 9.17) is 0 Å². The number of nitrogens with zero attached hydrogens (tertiary/aromatic N) is 2. The highest BCUT2D eigenvalue weighted by Crippen LogP contribution is 2.21. The van der Waals surface area contributed by atoms with Crippen LogP contribution in [0.25, 0.3) is 0 Å². The molecule has 2 aliphatic rings. The van der Waals surface area contributed by atoms with Gasteiger partial charge >= 0.3 is 0 Å². The zero-order valence-corrected chi connectivity index (χ0v) is 14.3. The van der Waals surface area contributed by atoms with Gasteiger partial charge in [-0.05, 0) is 63.6 Å². The molecule has 0 unspecified atom stereocenters. The lowest BCUT2D eigenvalue weighted by atomic mass is 9.95. The van der Waals surface area contributed by atoms with Crippen molar-refractivity contribution in [1.29, 1.82) is 0 Å². The molecule has 0 radical (unpaired) electrons. The number of likely N-dealkylation sites (tertiary alicyclic amines) is 2. The fraction of sp³-hybridized carbons (Fsp3) is 0.650. The number of rotatable bonds is 5.